The minimum absolute atomic E-state index is 0.145. The average Bonchev–Trinajstić information content (AvgIpc) is 2.76. The fourth-order valence-electron chi connectivity index (χ4n) is 2.89. The first-order valence-electron chi connectivity index (χ1n) is 6.81. The van der Waals surface area contributed by atoms with Gasteiger partial charge in [0.15, 0.2) is 0 Å². The standard InChI is InChI=1S/C13H24N2O2/c1-3-13(5-7-14-8-6-13)12(16)15-11-4-9-17-10(11)2/h10-11,14H,3-9H2,1-2H3,(H,15,16). The molecule has 17 heavy (non-hydrogen) atoms. The molecule has 0 aromatic heterocycles. The molecular weight excluding hydrogens is 216 g/mol. The normalized spacial score (nSPS) is 32.4. The fourth-order valence-corrected chi connectivity index (χ4v) is 2.89. The average molecular weight is 240 g/mol. The molecule has 0 spiro atoms. The second-order valence-corrected chi connectivity index (χ2v) is 5.33. The number of ether oxygens (including phenoxy) is 1. The van der Waals surface area contributed by atoms with Crippen LogP contribution in [0, 0.1) is 5.41 Å². The van der Waals surface area contributed by atoms with Crippen LogP contribution in [0.2, 0.25) is 0 Å². The second kappa shape index (κ2) is 5.36. The summed E-state index contributed by atoms with van der Waals surface area (Å²) in [7, 11) is 0. The third kappa shape index (κ3) is 2.63. The summed E-state index contributed by atoms with van der Waals surface area (Å²) in [5.74, 6) is 0.240. The summed E-state index contributed by atoms with van der Waals surface area (Å²) in [6, 6.07) is 0.209. The highest BCUT2D eigenvalue weighted by Crippen LogP contribution is 2.33. The molecule has 0 aromatic rings. The van der Waals surface area contributed by atoms with Gasteiger partial charge in [-0.2, -0.15) is 0 Å². The van der Waals surface area contributed by atoms with Crippen molar-refractivity contribution < 1.29 is 9.53 Å². The van der Waals surface area contributed by atoms with Gasteiger partial charge in [-0.05, 0) is 45.7 Å². The molecule has 4 heteroatoms. The van der Waals surface area contributed by atoms with Crippen molar-refractivity contribution in [3.8, 4) is 0 Å². The van der Waals surface area contributed by atoms with Crippen LogP contribution in [0.1, 0.15) is 39.5 Å². The summed E-state index contributed by atoms with van der Waals surface area (Å²) in [6.45, 7) is 6.85. The number of carbonyl (C=O) groups is 1. The molecule has 0 radical (unpaired) electrons. The van der Waals surface area contributed by atoms with Crippen LogP contribution >= 0.6 is 0 Å². The SMILES string of the molecule is CCC1(C(=O)NC2CCOC2C)CCNCC1. The number of carbonyl (C=O) groups excluding carboxylic acids is 1. The Hall–Kier alpha value is -0.610. The maximum Gasteiger partial charge on any atom is 0.226 e. The third-order valence-corrected chi connectivity index (χ3v) is 4.41. The van der Waals surface area contributed by atoms with Gasteiger partial charge in [-0.25, -0.2) is 0 Å². The van der Waals surface area contributed by atoms with Gasteiger partial charge in [-0.1, -0.05) is 6.92 Å². The molecule has 1 amide bonds. The lowest BCUT2D eigenvalue weighted by Gasteiger charge is -2.36. The van der Waals surface area contributed by atoms with E-state index in [9.17, 15) is 4.79 Å². The zero-order valence-corrected chi connectivity index (χ0v) is 10.9. The van der Waals surface area contributed by atoms with E-state index in [0.717, 1.165) is 45.4 Å². The molecule has 0 bridgehead atoms. The van der Waals surface area contributed by atoms with E-state index >= 15 is 0 Å². The zero-order valence-electron chi connectivity index (χ0n) is 10.9. The number of rotatable bonds is 3. The number of nitrogens with one attached hydrogen (secondary N) is 2. The quantitative estimate of drug-likeness (QED) is 0.775. The van der Waals surface area contributed by atoms with Crippen LogP contribution < -0.4 is 10.6 Å². The summed E-state index contributed by atoms with van der Waals surface area (Å²) in [6.07, 6.45) is 3.96. The van der Waals surface area contributed by atoms with Crippen LogP contribution in [0.5, 0.6) is 0 Å². The van der Waals surface area contributed by atoms with Crippen LogP contribution in [-0.2, 0) is 9.53 Å². The predicted molar refractivity (Wildman–Crippen MR) is 66.8 cm³/mol. The van der Waals surface area contributed by atoms with E-state index in [0.29, 0.717) is 0 Å². The Labute approximate surface area is 103 Å². The summed E-state index contributed by atoms with van der Waals surface area (Å²) in [4.78, 5) is 12.5. The van der Waals surface area contributed by atoms with Gasteiger partial charge >= 0.3 is 0 Å². The van der Waals surface area contributed by atoms with Gasteiger partial charge in [-0.3, -0.25) is 4.79 Å². The number of piperidine rings is 1. The van der Waals surface area contributed by atoms with Crippen LogP contribution in [-0.4, -0.2) is 37.7 Å². The second-order valence-electron chi connectivity index (χ2n) is 5.33. The summed E-state index contributed by atoms with van der Waals surface area (Å²) in [5.41, 5.74) is -0.145. The Kier molecular flexibility index (Phi) is 4.05. The summed E-state index contributed by atoms with van der Waals surface area (Å²) in [5, 5.41) is 6.52. The lowest BCUT2D eigenvalue weighted by Crippen LogP contribution is -2.51. The van der Waals surface area contributed by atoms with Crippen LogP contribution in [0.3, 0.4) is 0 Å². The molecule has 2 N–H and O–H groups in total. The molecule has 4 nitrogen and oxygen atoms in total. The molecule has 2 unspecified atom stereocenters. The molecular formula is C13H24N2O2. The van der Waals surface area contributed by atoms with E-state index in [1.165, 1.54) is 0 Å². The Bertz CT molecular complexity index is 275. The molecule has 2 rings (SSSR count). The van der Waals surface area contributed by atoms with Crippen molar-refractivity contribution in [1.82, 2.24) is 10.6 Å². The Morgan fingerprint density at radius 1 is 1.47 bits per heavy atom. The van der Waals surface area contributed by atoms with E-state index in [2.05, 4.69) is 17.6 Å². The highest BCUT2D eigenvalue weighted by molar-refractivity contribution is 5.83. The van der Waals surface area contributed by atoms with E-state index in [-0.39, 0.29) is 23.5 Å². The van der Waals surface area contributed by atoms with Gasteiger partial charge < -0.3 is 15.4 Å². The summed E-state index contributed by atoms with van der Waals surface area (Å²) < 4.78 is 5.49. The number of amides is 1. The molecule has 2 fully saturated rings. The lowest BCUT2D eigenvalue weighted by atomic mass is 9.75. The Morgan fingerprint density at radius 3 is 2.71 bits per heavy atom. The molecule has 0 aliphatic carbocycles. The lowest BCUT2D eigenvalue weighted by molar-refractivity contribution is -0.134. The smallest absolute Gasteiger partial charge is 0.226 e. The number of hydrogen-bond acceptors (Lipinski definition) is 3. The van der Waals surface area contributed by atoms with Gasteiger partial charge in [-0.15, -0.1) is 0 Å². The largest absolute Gasteiger partial charge is 0.376 e. The van der Waals surface area contributed by atoms with E-state index in [4.69, 9.17) is 4.74 Å². The van der Waals surface area contributed by atoms with Crippen LogP contribution in [0.4, 0.5) is 0 Å². The van der Waals surface area contributed by atoms with Crippen molar-refractivity contribution in [3.63, 3.8) is 0 Å². The van der Waals surface area contributed by atoms with Gasteiger partial charge in [0.25, 0.3) is 0 Å². The van der Waals surface area contributed by atoms with Crippen LogP contribution in [0.15, 0.2) is 0 Å². The molecule has 0 aromatic carbocycles. The zero-order chi connectivity index (χ0) is 12.3. The Morgan fingerprint density at radius 2 is 2.18 bits per heavy atom. The van der Waals surface area contributed by atoms with Gasteiger partial charge in [0.05, 0.1) is 17.6 Å². The molecule has 98 valence electrons. The molecule has 2 saturated heterocycles. The highest BCUT2D eigenvalue weighted by Gasteiger charge is 2.39. The van der Waals surface area contributed by atoms with Gasteiger partial charge in [0, 0.05) is 6.61 Å². The first-order valence-corrected chi connectivity index (χ1v) is 6.81. The van der Waals surface area contributed by atoms with E-state index in [1.807, 2.05) is 6.92 Å². The van der Waals surface area contributed by atoms with Gasteiger partial charge in [0.2, 0.25) is 5.91 Å². The number of hydrogen-bond donors (Lipinski definition) is 2. The minimum Gasteiger partial charge on any atom is -0.376 e. The molecule has 2 aliphatic heterocycles. The fraction of sp³-hybridized carbons (Fsp3) is 0.923. The maximum absolute atomic E-state index is 12.5. The van der Waals surface area contributed by atoms with Crippen molar-refractivity contribution >= 4 is 5.91 Å². The predicted octanol–water partition coefficient (Wildman–Crippen LogP) is 1.06. The maximum atomic E-state index is 12.5. The molecule has 0 saturated carbocycles. The molecule has 2 atom stereocenters. The van der Waals surface area contributed by atoms with E-state index < -0.39 is 0 Å². The van der Waals surface area contributed by atoms with Crippen LogP contribution in [0.25, 0.3) is 0 Å². The third-order valence-electron chi connectivity index (χ3n) is 4.41. The van der Waals surface area contributed by atoms with E-state index in [1.54, 1.807) is 0 Å². The Balaban J connectivity index is 1.97. The van der Waals surface area contributed by atoms with Crippen molar-refractivity contribution in [2.45, 2.75) is 51.7 Å². The first kappa shape index (κ1) is 12.8. The summed E-state index contributed by atoms with van der Waals surface area (Å²) >= 11 is 0. The van der Waals surface area contributed by atoms with Gasteiger partial charge in [0.1, 0.15) is 0 Å². The molecule has 2 heterocycles. The first-order chi connectivity index (χ1) is 8.18. The minimum atomic E-state index is -0.145. The van der Waals surface area contributed by atoms with Crippen molar-refractivity contribution in [2.24, 2.45) is 5.41 Å². The van der Waals surface area contributed by atoms with Crippen molar-refractivity contribution in [1.29, 1.82) is 0 Å². The highest BCUT2D eigenvalue weighted by atomic mass is 16.5. The molecule has 2 aliphatic rings. The van der Waals surface area contributed by atoms with Crippen molar-refractivity contribution in [3.05, 3.63) is 0 Å². The monoisotopic (exact) mass is 240 g/mol. The topological polar surface area (TPSA) is 50.4 Å². The van der Waals surface area contributed by atoms with Crippen molar-refractivity contribution in [2.75, 3.05) is 19.7 Å².